The summed E-state index contributed by atoms with van der Waals surface area (Å²) in [5, 5.41) is 3.76. The van der Waals surface area contributed by atoms with Crippen molar-refractivity contribution < 1.29 is 0 Å². The molecule has 0 saturated carbocycles. The van der Waals surface area contributed by atoms with Gasteiger partial charge in [0.15, 0.2) is 0 Å². The Kier molecular flexibility index (Phi) is 4.13. The van der Waals surface area contributed by atoms with Crippen LogP contribution in [0.1, 0.15) is 51.1 Å². The van der Waals surface area contributed by atoms with Crippen molar-refractivity contribution in [1.82, 2.24) is 10.2 Å². The van der Waals surface area contributed by atoms with E-state index in [1.807, 2.05) is 0 Å². The predicted molar refractivity (Wildman–Crippen MR) is 84.8 cm³/mol. The van der Waals surface area contributed by atoms with Crippen LogP contribution in [0.5, 0.6) is 0 Å². The second-order valence-electron chi connectivity index (χ2n) is 7.03. The van der Waals surface area contributed by atoms with E-state index in [1.165, 1.54) is 31.2 Å². The molecule has 2 nitrogen and oxygen atoms in total. The van der Waals surface area contributed by atoms with E-state index in [1.54, 1.807) is 0 Å². The van der Waals surface area contributed by atoms with E-state index in [0.717, 1.165) is 18.1 Å². The summed E-state index contributed by atoms with van der Waals surface area (Å²) in [5.41, 5.74) is 1.47. The van der Waals surface area contributed by atoms with E-state index in [4.69, 9.17) is 0 Å². The van der Waals surface area contributed by atoms with E-state index in [2.05, 4.69) is 61.4 Å². The van der Waals surface area contributed by atoms with Crippen LogP contribution in [0.2, 0.25) is 0 Å². The summed E-state index contributed by atoms with van der Waals surface area (Å²) in [6.07, 6.45) is 5.41. The van der Waals surface area contributed by atoms with Crippen LogP contribution in [0.3, 0.4) is 0 Å². The van der Waals surface area contributed by atoms with Crippen LogP contribution in [-0.2, 0) is 0 Å². The Morgan fingerprint density at radius 2 is 1.65 bits per heavy atom. The average Bonchev–Trinajstić information content (AvgIpc) is 2.78. The molecule has 0 amide bonds. The van der Waals surface area contributed by atoms with Crippen LogP contribution in [0.25, 0.3) is 0 Å². The molecular weight excluding hydrogens is 244 g/mol. The fraction of sp³-hybridized carbons (Fsp3) is 0.667. The van der Waals surface area contributed by atoms with Gasteiger partial charge in [-0.3, -0.25) is 4.90 Å². The predicted octanol–water partition coefficient (Wildman–Crippen LogP) is 3.60. The molecule has 20 heavy (non-hydrogen) atoms. The lowest BCUT2D eigenvalue weighted by molar-refractivity contribution is 0.0979. The van der Waals surface area contributed by atoms with E-state index < -0.39 is 0 Å². The molecule has 2 aliphatic rings. The Bertz CT molecular complexity index is 416. The first-order valence-electron chi connectivity index (χ1n) is 8.18. The van der Waals surface area contributed by atoms with Gasteiger partial charge in [-0.2, -0.15) is 0 Å². The molecule has 1 aromatic carbocycles. The third-order valence-electron chi connectivity index (χ3n) is 5.24. The topological polar surface area (TPSA) is 15.3 Å². The van der Waals surface area contributed by atoms with Gasteiger partial charge < -0.3 is 5.32 Å². The molecule has 3 rings (SSSR count). The largest absolute Gasteiger partial charge is 0.311 e. The third-order valence-corrected chi connectivity index (χ3v) is 5.24. The second-order valence-corrected chi connectivity index (χ2v) is 7.03. The van der Waals surface area contributed by atoms with Gasteiger partial charge in [0.25, 0.3) is 0 Å². The normalized spacial score (nSPS) is 30.9. The highest BCUT2D eigenvalue weighted by molar-refractivity contribution is 5.20. The summed E-state index contributed by atoms with van der Waals surface area (Å²) in [6.45, 7) is 4.70. The molecule has 2 saturated heterocycles. The first kappa shape index (κ1) is 14.1. The number of nitrogens with zero attached hydrogens (tertiary/aromatic N) is 1. The number of nitrogens with one attached hydrogen (secondary N) is 1. The summed E-state index contributed by atoms with van der Waals surface area (Å²) >= 11 is 0. The minimum absolute atomic E-state index is 0.540. The molecule has 0 radical (unpaired) electrons. The van der Waals surface area contributed by atoms with Crippen LogP contribution >= 0.6 is 0 Å². The van der Waals surface area contributed by atoms with Crippen LogP contribution in [-0.4, -0.2) is 30.1 Å². The first-order chi connectivity index (χ1) is 9.65. The van der Waals surface area contributed by atoms with Crippen LogP contribution in [0.15, 0.2) is 30.3 Å². The van der Waals surface area contributed by atoms with Crippen LogP contribution < -0.4 is 5.32 Å². The Balaban J connectivity index is 1.77. The smallest absolute Gasteiger partial charge is 0.0370 e. The summed E-state index contributed by atoms with van der Waals surface area (Å²) in [5.74, 6) is 0.648. The van der Waals surface area contributed by atoms with E-state index in [-0.39, 0.29) is 0 Å². The summed E-state index contributed by atoms with van der Waals surface area (Å²) in [6, 6.07) is 13.9. The van der Waals surface area contributed by atoms with Gasteiger partial charge >= 0.3 is 0 Å². The molecule has 1 aromatic rings. The lowest BCUT2D eigenvalue weighted by Crippen LogP contribution is -2.48. The third kappa shape index (κ3) is 2.77. The Morgan fingerprint density at radius 1 is 1.05 bits per heavy atom. The van der Waals surface area contributed by atoms with Gasteiger partial charge in [0.1, 0.15) is 0 Å². The van der Waals surface area contributed by atoms with E-state index in [9.17, 15) is 0 Å². The highest BCUT2D eigenvalue weighted by Crippen LogP contribution is 2.35. The fourth-order valence-corrected chi connectivity index (χ4v) is 4.33. The molecule has 0 aromatic heterocycles. The minimum Gasteiger partial charge on any atom is -0.311 e. The van der Waals surface area contributed by atoms with Crippen molar-refractivity contribution in [2.24, 2.45) is 5.92 Å². The number of hydrogen-bond donors (Lipinski definition) is 1. The van der Waals surface area contributed by atoms with Gasteiger partial charge in [-0.1, -0.05) is 44.2 Å². The van der Waals surface area contributed by atoms with Crippen LogP contribution in [0.4, 0.5) is 0 Å². The molecule has 0 aliphatic carbocycles. The molecule has 3 atom stereocenters. The van der Waals surface area contributed by atoms with Crippen molar-refractivity contribution in [1.29, 1.82) is 0 Å². The second kappa shape index (κ2) is 5.87. The van der Waals surface area contributed by atoms with E-state index in [0.29, 0.717) is 12.0 Å². The monoisotopic (exact) mass is 272 g/mol. The molecular formula is C18H28N2. The molecule has 2 heteroatoms. The van der Waals surface area contributed by atoms with Crippen molar-refractivity contribution >= 4 is 0 Å². The first-order valence-corrected chi connectivity index (χ1v) is 8.18. The quantitative estimate of drug-likeness (QED) is 0.901. The van der Waals surface area contributed by atoms with Gasteiger partial charge in [-0.05, 0) is 44.2 Å². The zero-order chi connectivity index (χ0) is 14.1. The Labute approximate surface area is 123 Å². The summed E-state index contributed by atoms with van der Waals surface area (Å²) in [7, 11) is 2.34. The Morgan fingerprint density at radius 3 is 2.20 bits per heavy atom. The maximum atomic E-state index is 3.76. The average molecular weight is 272 g/mol. The number of piperidine rings is 1. The zero-order valence-corrected chi connectivity index (χ0v) is 13.0. The van der Waals surface area contributed by atoms with Crippen LogP contribution in [0, 0.1) is 5.92 Å². The lowest BCUT2D eigenvalue weighted by atomic mass is 9.90. The zero-order valence-electron chi connectivity index (χ0n) is 13.0. The van der Waals surface area contributed by atoms with Gasteiger partial charge in [0.05, 0.1) is 0 Å². The number of benzene rings is 1. The van der Waals surface area contributed by atoms with Gasteiger partial charge in [0, 0.05) is 24.2 Å². The fourth-order valence-electron chi connectivity index (χ4n) is 4.33. The molecule has 2 heterocycles. The van der Waals surface area contributed by atoms with Gasteiger partial charge in [-0.15, -0.1) is 0 Å². The maximum absolute atomic E-state index is 3.76. The number of hydrogen-bond acceptors (Lipinski definition) is 2. The standard InChI is InChI=1S/C18H28N2/c1-13(2)18(14-7-5-4-6-8-14)20(3)17-11-15-9-10-16(12-17)19-15/h4-8,13,15-19H,9-12H2,1-3H3. The summed E-state index contributed by atoms with van der Waals surface area (Å²) < 4.78 is 0. The van der Waals surface area contributed by atoms with Crippen molar-refractivity contribution in [3.05, 3.63) is 35.9 Å². The maximum Gasteiger partial charge on any atom is 0.0370 e. The molecule has 2 aliphatic heterocycles. The molecule has 110 valence electrons. The highest BCUT2D eigenvalue weighted by Gasteiger charge is 2.37. The molecule has 0 spiro atoms. The number of fused-ring (bicyclic) bond motifs is 2. The molecule has 3 unspecified atom stereocenters. The minimum atomic E-state index is 0.540. The van der Waals surface area contributed by atoms with Crippen molar-refractivity contribution in [2.45, 2.75) is 63.7 Å². The number of rotatable bonds is 4. The SMILES string of the molecule is CC(C)C(c1ccccc1)N(C)C1CC2CCC(C1)N2. The molecule has 2 bridgehead atoms. The summed E-state index contributed by atoms with van der Waals surface area (Å²) in [4.78, 5) is 2.66. The van der Waals surface area contributed by atoms with Crippen molar-refractivity contribution in [2.75, 3.05) is 7.05 Å². The molecule has 2 fully saturated rings. The van der Waals surface area contributed by atoms with Gasteiger partial charge in [-0.25, -0.2) is 0 Å². The molecule has 1 N–H and O–H groups in total. The highest BCUT2D eigenvalue weighted by atomic mass is 15.2. The lowest BCUT2D eigenvalue weighted by Gasteiger charge is -2.41. The van der Waals surface area contributed by atoms with Gasteiger partial charge in [0.2, 0.25) is 0 Å². The van der Waals surface area contributed by atoms with Crippen molar-refractivity contribution in [3.63, 3.8) is 0 Å². The van der Waals surface area contributed by atoms with Crippen molar-refractivity contribution in [3.8, 4) is 0 Å². The Hall–Kier alpha value is -0.860. The van der Waals surface area contributed by atoms with E-state index >= 15 is 0 Å².